The Morgan fingerprint density at radius 1 is 1.32 bits per heavy atom. The summed E-state index contributed by atoms with van der Waals surface area (Å²) in [7, 11) is -1.76. The summed E-state index contributed by atoms with van der Waals surface area (Å²) in [4.78, 5) is 15.6. The number of carbonyl (C=O) groups is 1. The summed E-state index contributed by atoms with van der Waals surface area (Å²) in [5.74, 6) is 0.715. The van der Waals surface area contributed by atoms with Crippen LogP contribution in [0.1, 0.15) is 6.42 Å². The standard InChI is InChI=1S/C14H19N5O4S2/c1-19(25(2,21)22)9-8-16-12(20)5-10-24-14-18-17-13(23-14)11-3-6-15-7-4-11/h3-4,6-7H,5,8-10H2,1-2H3,(H,16,20). The third kappa shape index (κ3) is 6.44. The minimum absolute atomic E-state index is 0.164. The molecule has 0 fully saturated rings. The number of nitrogens with zero attached hydrogens (tertiary/aromatic N) is 4. The molecule has 0 aromatic carbocycles. The molecule has 9 nitrogen and oxygen atoms in total. The summed E-state index contributed by atoms with van der Waals surface area (Å²) < 4.78 is 29.1. The molecule has 2 aromatic heterocycles. The number of pyridine rings is 1. The molecule has 2 rings (SSSR count). The van der Waals surface area contributed by atoms with Crippen LogP contribution in [0.15, 0.2) is 34.2 Å². The summed E-state index contributed by atoms with van der Waals surface area (Å²) in [6, 6.07) is 3.53. The first kappa shape index (κ1) is 19.3. The Morgan fingerprint density at radius 2 is 2.04 bits per heavy atom. The lowest BCUT2D eigenvalue weighted by atomic mass is 10.3. The molecule has 2 heterocycles. The van der Waals surface area contributed by atoms with Crippen molar-refractivity contribution in [2.45, 2.75) is 11.6 Å². The molecule has 0 atom stereocenters. The molecule has 0 unspecified atom stereocenters. The van der Waals surface area contributed by atoms with Crippen LogP contribution in [0.2, 0.25) is 0 Å². The number of thioether (sulfide) groups is 1. The number of amides is 1. The number of hydrogen-bond donors (Lipinski definition) is 1. The number of rotatable bonds is 9. The molecule has 136 valence electrons. The molecule has 0 radical (unpaired) electrons. The molecule has 0 aliphatic rings. The minimum atomic E-state index is -3.23. The first-order valence-electron chi connectivity index (χ1n) is 7.41. The fraction of sp³-hybridized carbons (Fsp3) is 0.429. The van der Waals surface area contributed by atoms with E-state index < -0.39 is 10.0 Å². The zero-order chi connectivity index (χ0) is 18.3. The highest BCUT2D eigenvalue weighted by Gasteiger charge is 2.12. The summed E-state index contributed by atoms with van der Waals surface area (Å²) >= 11 is 1.29. The van der Waals surface area contributed by atoms with Gasteiger partial charge < -0.3 is 9.73 Å². The Labute approximate surface area is 150 Å². The first-order valence-corrected chi connectivity index (χ1v) is 10.2. The first-order chi connectivity index (χ1) is 11.9. The molecule has 1 amide bonds. The summed E-state index contributed by atoms with van der Waals surface area (Å²) in [5.41, 5.74) is 0.780. The molecule has 0 saturated heterocycles. The average Bonchev–Trinajstić information content (AvgIpc) is 3.03. The zero-order valence-electron chi connectivity index (χ0n) is 13.9. The van der Waals surface area contributed by atoms with E-state index in [0.29, 0.717) is 16.9 Å². The Balaban J connectivity index is 1.69. The Morgan fingerprint density at radius 3 is 2.72 bits per heavy atom. The van der Waals surface area contributed by atoms with Gasteiger partial charge in [0.05, 0.1) is 6.26 Å². The van der Waals surface area contributed by atoms with E-state index in [0.717, 1.165) is 11.8 Å². The largest absolute Gasteiger partial charge is 0.411 e. The Bertz CT molecular complexity index is 795. The molecule has 1 N–H and O–H groups in total. The van der Waals surface area contributed by atoms with Crippen LogP contribution in [0.25, 0.3) is 11.5 Å². The minimum Gasteiger partial charge on any atom is -0.411 e. The number of sulfonamides is 1. The molecule has 0 saturated carbocycles. The smallest absolute Gasteiger partial charge is 0.276 e. The van der Waals surface area contributed by atoms with Crippen molar-refractivity contribution in [2.75, 3.05) is 32.1 Å². The number of hydrogen-bond acceptors (Lipinski definition) is 8. The van der Waals surface area contributed by atoms with E-state index in [1.54, 1.807) is 24.5 Å². The number of likely N-dealkylation sites (N-methyl/N-ethyl adjacent to an activating group) is 1. The van der Waals surface area contributed by atoms with Gasteiger partial charge >= 0.3 is 0 Å². The van der Waals surface area contributed by atoms with Crippen molar-refractivity contribution in [3.8, 4) is 11.5 Å². The molecule has 0 spiro atoms. The quantitative estimate of drug-likeness (QED) is 0.624. The lowest BCUT2D eigenvalue weighted by Gasteiger charge is -2.14. The summed E-state index contributed by atoms with van der Waals surface area (Å²) in [6.07, 6.45) is 4.66. The predicted molar refractivity (Wildman–Crippen MR) is 93.4 cm³/mol. The lowest BCUT2D eigenvalue weighted by molar-refractivity contribution is -0.120. The topological polar surface area (TPSA) is 118 Å². The van der Waals surface area contributed by atoms with Gasteiger partial charge in [0.15, 0.2) is 0 Å². The van der Waals surface area contributed by atoms with Crippen molar-refractivity contribution >= 4 is 27.7 Å². The Hall–Kier alpha value is -1.98. The molecule has 0 aliphatic heterocycles. The fourth-order valence-electron chi connectivity index (χ4n) is 1.72. The van der Waals surface area contributed by atoms with Gasteiger partial charge in [-0.15, -0.1) is 10.2 Å². The number of carbonyl (C=O) groups excluding carboxylic acids is 1. The molecule has 0 aliphatic carbocycles. The van der Waals surface area contributed by atoms with Gasteiger partial charge in [0, 0.05) is 50.3 Å². The van der Waals surface area contributed by atoms with Crippen LogP contribution < -0.4 is 5.32 Å². The second kappa shape index (κ2) is 8.92. The third-order valence-electron chi connectivity index (χ3n) is 3.20. The number of nitrogens with one attached hydrogen (secondary N) is 1. The molecule has 25 heavy (non-hydrogen) atoms. The second-order valence-electron chi connectivity index (χ2n) is 5.14. The van der Waals surface area contributed by atoms with E-state index in [2.05, 4.69) is 20.5 Å². The molecule has 2 aromatic rings. The van der Waals surface area contributed by atoms with Crippen LogP contribution in [0.5, 0.6) is 0 Å². The second-order valence-corrected chi connectivity index (χ2v) is 8.28. The van der Waals surface area contributed by atoms with Gasteiger partial charge in [-0.2, -0.15) is 0 Å². The van der Waals surface area contributed by atoms with Crippen molar-refractivity contribution in [1.29, 1.82) is 0 Å². The molecule has 0 bridgehead atoms. The van der Waals surface area contributed by atoms with E-state index in [1.165, 1.54) is 23.1 Å². The van der Waals surface area contributed by atoms with Crippen LogP contribution in [0.3, 0.4) is 0 Å². The van der Waals surface area contributed by atoms with Gasteiger partial charge in [-0.25, -0.2) is 12.7 Å². The molecule has 11 heteroatoms. The van der Waals surface area contributed by atoms with Crippen LogP contribution in [-0.4, -0.2) is 66.0 Å². The van der Waals surface area contributed by atoms with Crippen LogP contribution in [0.4, 0.5) is 0 Å². The van der Waals surface area contributed by atoms with Gasteiger partial charge in [0.25, 0.3) is 5.22 Å². The summed E-state index contributed by atoms with van der Waals surface area (Å²) in [6.45, 7) is 0.497. The van der Waals surface area contributed by atoms with Gasteiger partial charge in [-0.1, -0.05) is 11.8 Å². The third-order valence-corrected chi connectivity index (χ3v) is 5.34. The van der Waals surface area contributed by atoms with Crippen molar-refractivity contribution in [1.82, 2.24) is 24.8 Å². The van der Waals surface area contributed by atoms with Crippen molar-refractivity contribution in [3.63, 3.8) is 0 Å². The van der Waals surface area contributed by atoms with Crippen LogP contribution >= 0.6 is 11.8 Å². The van der Waals surface area contributed by atoms with Crippen LogP contribution in [-0.2, 0) is 14.8 Å². The average molecular weight is 385 g/mol. The Kier molecular flexibility index (Phi) is 6.91. The zero-order valence-corrected chi connectivity index (χ0v) is 15.5. The van der Waals surface area contributed by atoms with Crippen LogP contribution in [0, 0.1) is 0 Å². The maximum Gasteiger partial charge on any atom is 0.276 e. The maximum absolute atomic E-state index is 11.7. The van der Waals surface area contributed by atoms with E-state index in [4.69, 9.17) is 4.42 Å². The van der Waals surface area contributed by atoms with Gasteiger partial charge in [0.1, 0.15) is 0 Å². The van der Waals surface area contributed by atoms with Crippen molar-refractivity contribution in [2.24, 2.45) is 0 Å². The van der Waals surface area contributed by atoms with Gasteiger partial charge in [-0.05, 0) is 12.1 Å². The SMILES string of the molecule is CN(CCNC(=O)CCSc1nnc(-c2ccncc2)o1)S(C)(=O)=O. The summed E-state index contributed by atoms with van der Waals surface area (Å²) in [5, 5.41) is 10.9. The van der Waals surface area contributed by atoms with Gasteiger partial charge in [0.2, 0.25) is 21.8 Å². The van der Waals surface area contributed by atoms with E-state index in [-0.39, 0.29) is 25.4 Å². The van der Waals surface area contributed by atoms with E-state index >= 15 is 0 Å². The lowest BCUT2D eigenvalue weighted by Crippen LogP contribution is -2.35. The highest BCUT2D eigenvalue weighted by molar-refractivity contribution is 7.99. The maximum atomic E-state index is 11.7. The van der Waals surface area contributed by atoms with E-state index in [9.17, 15) is 13.2 Å². The predicted octanol–water partition coefficient (Wildman–Crippen LogP) is 0.621. The van der Waals surface area contributed by atoms with Gasteiger partial charge in [-0.3, -0.25) is 9.78 Å². The monoisotopic (exact) mass is 385 g/mol. The normalized spacial score (nSPS) is 11.6. The fourth-order valence-corrected chi connectivity index (χ4v) is 2.84. The highest BCUT2D eigenvalue weighted by Crippen LogP contribution is 2.22. The van der Waals surface area contributed by atoms with Crippen molar-refractivity contribution < 1.29 is 17.6 Å². The highest BCUT2D eigenvalue weighted by atomic mass is 32.2. The molecular formula is C14H19N5O4S2. The van der Waals surface area contributed by atoms with Crippen molar-refractivity contribution in [3.05, 3.63) is 24.5 Å². The number of aromatic nitrogens is 3. The molecular weight excluding hydrogens is 366 g/mol. The van der Waals surface area contributed by atoms with E-state index in [1.807, 2.05) is 0 Å².